The van der Waals surface area contributed by atoms with Gasteiger partial charge >= 0.3 is 0 Å². The van der Waals surface area contributed by atoms with E-state index in [1.807, 2.05) is 0 Å². The maximum absolute atomic E-state index is 10.6. The zero-order valence-electron chi connectivity index (χ0n) is 5.83. The Morgan fingerprint density at radius 1 is 1.33 bits per heavy atom. The number of hydrogen-bond donors (Lipinski definition) is 0. The van der Waals surface area contributed by atoms with E-state index in [1.54, 1.807) is 0 Å². The topological polar surface area (TPSA) is 37.4 Å². The molecule has 3 nitrogen and oxygen atoms in total. The van der Waals surface area contributed by atoms with Gasteiger partial charge in [-0.25, -0.2) is 12.7 Å². The van der Waals surface area contributed by atoms with Gasteiger partial charge in [-0.3, -0.25) is 0 Å². The molecular formula is C4H10NO2SY-. The van der Waals surface area contributed by atoms with Crippen LogP contribution in [0.15, 0.2) is 0 Å². The summed E-state index contributed by atoms with van der Waals surface area (Å²) in [4.78, 5) is 0. The van der Waals surface area contributed by atoms with Crippen molar-refractivity contribution in [1.29, 1.82) is 0 Å². The molecule has 0 spiro atoms. The third-order valence-corrected chi connectivity index (χ3v) is 2.42. The molecule has 0 aliphatic rings. The maximum Gasteiger partial charge on any atom is 0.0840 e. The Morgan fingerprint density at radius 2 is 1.67 bits per heavy atom. The monoisotopic (exact) mass is 225 g/mol. The van der Waals surface area contributed by atoms with E-state index < -0.39 is 10.0 Å². The minimum absolute atomic E-state index is 0. The largest absolute Gasteiger partial charge is 0.247 e. The average Bonchev–Trinajstić information content (AvgIpc) is 1.67. The van der Waals surface area contributed by atoms with Crippen LogP contribution in [-0.4, -0.2) is 26.8 Å². The van der Waals surface area contributed by atoms with Gasteiger partial charge in [0.05, 0.1) is 10.0 Å². The molecule has 0 aromatic carbocycles. The third-order valence-electron chi connectivity index (χ3n) is 0.807. The van der Waals surface area contributed by atoms with Crippen LogP contribution in [0.5, 0.6) is 0 Å². The summed E-state index contributed by atoms with van der Waals surface area (Å²) in [5.74, 6) is 1.16. The molecular weight excluding hydrogens is 215 g/mol. The van der Waals surface area contributed by atoms with E-state index in [2.05, 4.69) is 0 Å². The molecule has 9 heavy (non-hydrogen) atoms. The van der Waals surface area contributed by atoms with Crippen molar-refractivity contribution in [2.45, 2.75) is 6.92 Å². The van der Waals surface area contributed by atoms with Crippen LogP contribution in [0.2, 0.25) is 0 Å². The minimum Gasteiger partial charge on any atom is -0.247 e. The first-order chi connectivity index (χ1) is 3.50. The normalized spacial score (nSPS) is 11.1. The Kier molecular flexibility index (Phi) is 6.72. The molecule has 0 heterocycles. The van der Waals surface area contributed by atoms with Crippen LogP contribution in [0.1, 0.15) is 6.92 Å². The fraction of sp³-hybridized carbons (Fsp3) is 0.750. The van der Waals surface area contributed by atoms with E-state index in [9.17, 15) is 8.42 Å². The first kappa shape index (κ1) is 12.7. The van der Waals surface area contributed by atoms with Gasteiger partial charge < -0.3 is 0 Å². The van der Waals surface area contributed by atoms with E-state index in [1.165, 1.54) is 21.0 Å². The molecule has 0 saturated heterocycles. The molecule has 0 aliphatic carbocycles. The number of hydrogen-bond acceptors (Lipinski definition) is 2. The minimum atomic E-state index is -3.03. The van der Waals surface area contributed by atoms with Gasteiger partial charge in [0.15, 0.2) is 0 Å². The van der Waals surface area contributed by atoms with Gasteiger partial charge in [0.2, 0.25) is 0 Å². The molecule has 0 aromatic heterocycles. The summed E-state index contributed by atoms with van der Waals surface area (Å²) in [5, 5.41) is 0. The Hall–Kier alpha value is 1.01. The predicted octanol–water partition coefficient (Wildman–Crippen LogP) is 0.0570. The Bertz CT molecular complexity index is 152. The maximum atomic E-state index is 10.6. The Balaban J connectivity index is 0. The summed E-state index contributed by atoms with van der Waals surface area (Å²) in [6.07, 6.45) is 0. The van der Waals surface area contributed by atoms with Crippen molar-refractivity contribution in [3.63, 3.8) is 0 Å². The quantitative estimate of drug-likeness (QED) is 0.623. The second kappa shape index (κ2) is 4.77. The number of rotatable bonds is 2. The van der Waals surface area contributed by atoms with E-state index in [0.29, 0.717) is 0 Å². The van der Waals surface area contributed by atoms with Crippen molar-refractivity contribution in [3.8, 4) is 0 Å². The second-order valence-electron chi connectivity index (χ2n) is 1.56. The van der Waals surface area contributed by atoms with Crippen molar-refractivity contribution < 1.29 is 41.1 Å². The first-order valence-corrected chi connectivity index (χ1v) is 3.73. The molecule has 0 N–H and O–H groups in total. The van der Waals surface area contributed by atoms with Crippen LogP contribution in [0.3, 0.4) is 0 Å². The smallest absolute Gasteiger partial charge is 0.0840 e. The standard InChI is InChI=1S/C4H10NO2S.Y/c1-4-8(6,7)5(2)3;/h4H,1-3H3;/q-1;. The van der Waals surface area contributed by atoms with Crippen molar-refractivity contribution in [1.82, 2.24) is 4.31 Å². The summed E-state index contributed by atoms with van der Waals surface area (Å²) in [6, 6.07) is 0. The molecule has 53 valence electrons. The van der Waals surface area contributed by atoms with Crippen LogP contribution >= 0.6 is 0 Å². The molecule has 0 bridgehead atoms. The summed E-state index contributed by atoms with van der Waals surface area (Å²) in [6.45, 7) is 1.50. The molecule has 0 rings (SSSR count). The Morgan fingerprint density at radius 3 is 1.67 bits per heavy atom. The molecule has 0 aliphatic heterocycles. The molecule has 0 fully saturated rings. The van der Waals surface area contributed by atoms with E-state index in [4.69, 9.17) is 0 Å². The van der Waals surface area contributed by atoms with E-state index >= 15 is 0 Å². The number of sulfonamides is 1. The van der Waals surface area contributed by atoms with Crippen LogP contribution in [0, 0.1) is 5.75 Å². The van der Waals surface area contributed by atoms with E-state index in [0.717, 1.165) is 10.1 Å². The molecule has 0 atom stereocenters. The summed E-state index contributed by atoms with van der Waals surface area (Å²) < 4.78 is 22.3. The fourth-order valence-electron chi connectivity index (χ4n) is 0.211. The summed E-state index contributed by atoms with van der Waals surface area (Å²) in [7, 11) is -0.0370. The van der Waals surface area contributed by atoms with Crippen LogP contribution in [-0.2, 0) is 42.7 Å². The Labute approximate surface area is 81.7 Å². The predicted molar refractivity (Wildman–Crippen MR) is 32.6 cm³/mol. The van der Waals surface area contributed by atoms with Crippen molar-refractivity contribution >= 4 is 10.0 Å². The van der Waals surface area contributed by atoms with Crippen molar-refractivity contribution in [3.05, 3.63) is 5.75 Å². The number of nitrogens with zero attached hydrogens (tertiary/aromatic N) is 1. The van der Waals surface area contributed by atoms with Gasteiger partial charge in [-0.15, -0.1) is 0 Å². The van der Waals surface area contributed by atoms with Gasteiger partial charge in [-0.1, -0.05) is 0 Å². The SMILES string of the molecule is C[CH-]S(=O)(=O)N(C)C.[Y]. The molecule has 1 radical (unpaired) electrons. The van der Waals surface area contributed by atoms with Gasteiger partial charge in [0.1, 0.15) is 0 Å². The van der Waals surface area contributed by atoms with Gasteiger partial charge in [0.25, 0.3) is 0 Å². The van der Waals surface area contributed by atoms with Gasteiger partial charge in [0, 0.05) is 32.7 Å². The molecule has 0 unspecified atom stereocenters. The van der Waals surface area contributed by atoms with Crippen LogP contribution < -0.4 is 0 Å². The molecule has 0 aromatic rings. The van der Waals surface area contributed by atoms with Crippen molar-refractivity contribution in [2.24, 2.45) is 0 Å². The zero-order chi connectivity index (χ0) is 6.78. The molecule has 5 heteroatoms. The zero-order valence-corrected chi connectivity index (χ0v) is 9.48. The first-order valence-electron chi connectivity index (χ1n) is 2.22. The van der Waals surface area contributed by atoms with Crippen molar-refractivity contribution in [2.75, 3.05) is 14.1 Å². The van der Waals surface area contributed by atoms with Gasteiger partial charge in [-0.2, -0.15) is 12.7 Å². The second-order valence-corrected chi connectivity index (χ2v) is 3.79. The summed E-state index contributed by atoms with van der Waals surface area (Å²) in [5.41, 5.74) is 0. The fourth-order valence-corrected chi connectivity index (χ4v) is 0.632. The molecule has 0 saturated carbocycles. The van der Waals surface area contributed by atoms with Gasteiger partial charge in [-0.05, 0) is 14.1 Å². The van der Waals surface area contributed by atoms with E-state index in [-0.39, 0.29) is 32.7 Å². The van der Waals surface area contributed by atoms with Crippen LogP contribution in [0.4, 0.5) is 0 Å². The molecule has 0 amide bonds. The van der Waals surface area contributed by atoms with Crippen LogP contribution in [0.25, 0.3) is 0 Å². The third kappa shape index (κ3) is 4.42. The average molecular weight is 225 g/mol. The summed E-state index contributed by atoms with van der Waals surface area (Å²) >= 11 is 0.